The number of halogens is 1. The Morgan fingerprint density at radius 1 is 0.964 bits per heavy atom. The SMILES string of the molecule is CC(C)(O)c1cc(-c2ccc(-c3ccc(O)cc3)s2)n(-c2ccccc2Cl)n1. The summed E-state index contributed by atoms with van der Waals surface area (Å²) in [6.45, 7) is 3.43. The van der Waals surface area contributed by atoms with Gasteiger partial charge in [-0.2, -0.15) is 5.10 Å². The predicted octanol–water partition coefficient (Wildman–Crippen LogP) is 5.85. The summed E-state index contributed by atoms with van der Waals surface area (Å²) in [5.74, 6) is 0.243. The molecule has 142 valence electrons. The van der Waals surface area contributed by atoms with E-state index in [1.165, 1.54) is 0 Å². The van der Waals surface area contributed by atoms with Crippen molar-refractivity contribution in [1.82, 2.24) is 9.78 Å². The second-order valence-electron chi connectivity index (χ2n) is 7.05. The van der Waals surface area contributed by atoms with Crippen LogP contribution in [0.1, 0.15) is 19.5 Å². The van der Waals surface area contributed by atoms with Crippen molar-refractivity contribution in [1.29, 1.82) is 0 Å². The van der Waals surface area contributed by atoms with Crippen molar-refractivity contribution in [2.75, 3.05) is 0 Å². The monoisotopic (exact) mass is 410 g/mol. The maximum absolute atomic E-state index is 10.5. The third kappa shape index (κ3) is 3.56. The lowest BCUT2D eigenvalue weighted by molar-refractivity contribution is 0.0734. The third-order valence-electron chi connectivity index (χ3n) is 4.43. The summed E-state index contributed by atoms with van der Waals surface area (Å²) in [6.07, 6.45) is 0. The van der Waals surface area contributed by atoms with Crippen molar-refractivity contribution >= 4 is 22.9 Å². The molecule has 0 saturated carbocycles. The van der Waals surface area contributed by atoms with E-state index >= 15 is 0 Å². The van der Waals surface area contributed by atoms with E-state index in [1.54, 1.807) is 42.0 Å². The molecule has 2 N–H and O–H groups in total. The fraction of sp³-hybridized carbons (Fsp3) is 0.136. The molecule has 0 aliphatic heterocycles. The van der Waals surface area contributed by atoms with Crippen LogP contribution in [-0.4, -0.2) is 20.0 Å². The van der Waals surface area contributed by atoms with Gasteiger partial charge in [0.05, 0.1) is 27.0 Å². The number of rotatable bonds is 4. The molecule has 6 heteroatoms. The quantitative estimate of drug-likeness (QED) is 0.443. The number of para-hydroxylation sites is 1. The van der Waals surface area contributed by atoms with Crippen LogP contribution in [0.4, 0.5) is 0 Å². The summed E-state index contributed by atoms with van der Waals surface area (Å²) in [6, 6.07) is 20.6. The molecule has 0 spiro atoms. The van der Waals surface area contributed by atoms with Gasteiger partial charge in [-0.15, -0.1) is 11.3 Å². The number of aromatic hydroxyl groups is 1. The van der Waals surface area contributed by atoms with E-state index in [4.69, 9.17) is 11.6 Å². The Kier molecular flexibility index (Phi) is 4.75. The molecule has 2 heterocycles. The second-order valence-corrected chi connectivity index (χ2v) is 8.54. The van der Waals surface area contributed by atoms with Crippen LogP contribution in [0.5, 0.6) is 5.75 Å². The van der Waals surface area contributed by atoms with E-state index in [2.05, 4.69) is 5.10 Å². The first-order valence-electron chi connectivity index (χ1n) is 8.80. The molecule has 4 aromatic rings. The Balaban J connectivity index is 1.84. The van der Waals surface area contributed by atoms with Crippen LogP contribution in [0.3, 0.4) is 0 Å². The summed E-state index contributed by atoms with van der Waals surface area (Å²) in [4.78, 5) is 2.08. The van der Waals surface area contributed by atoms with Gasteiger partial charge in [-0.1, -0.05) is 23.7 Å². The van der Waals surface area contributed by atoms with Crippen LogP contribution >= 0.6 is 22.9 Å². The van der Waals surface area contributed by atoms with E-state index in [0.29, 0.717) is 10.7 Å². The number of hydrogen-bond donors (Lipinski definition) is 2. The van der Waals surface area contributed by atoms with Gasteiger partial charge in [0.15, 0.2) is 0 Å². The summed E-state index contributed by atoms with van der Waals surface area (Å²) in [5.41, 5.74) is 2.15. The fourth-order valence-electron chi connectivity index (χ4n) is 2.92. The summed E-state index contributed by atoms with van der Waals surface area (Å²) in [7, 11) is 0. The van der Waals surface area contributed by atoms with Crippen molar-refractivity contribution in [3.05, 3.63) is 77.4 Å². The van der Waals surface area contributed by atoms with Gasteiger partial charge in [-0.25, -0.2) is 4.68 Å². The fourth-order valence-corrected chi connectivity index (χ4v) is 4.15. The van der Waals surface area contributed by atoms with Gasteiger partial charge in [0, 0.05) is 4.88 Å². The molecule has 0 atom stereocenters. The first-order chi connectivity index (χ1) is 13.3. The average molecular weight is 411 g/mol. The molecule has 4 rings (SSSR count). The third-order valence-corrected chi connectivity index (χ3v) is 5.90. The molecule has 2 aromatic heterocycles. The largest absolute Gasteiger partial charge is 0.508 e. The van der Waals surface area contributed by atoms with Crippen LogP contribution in [-0.2, 0) is 5.60 Å². The second kappa shape index (κ2) is 7.09. The normalized spacial score (nSPS) is 11.7. The van der Waals surface area contributed by atoms with Gasteiger partial charge in [0.25, 0.3) is 0 Å². The van der Waals surface area contributed by atoms with Crippen molar-refractivity contribution in [2.45, 2.75) is 19.4 Å². The number of benzene rings is 2. The highest BCUT2D eigenvalue weighted by molar-refractivity contribution is 7.18. The van der Waals surface area contributed by atoms with Crippen LogP contribution in [0.25, 0.3) is 26.7 Å². The molecular weight excluding hydrogens is 392 g/mol. The summed E-state index contributed by atoms with van der Waals surface area (Å²) >= 11 is 8.03. The summed E-state index contributed by atoms with van der Waals surface area (Å²) in [5, 5.41) is 25.2. The van der Waals surface area contributed by atoms with E-state index < -0.39 is 5.60 Å². The number of phenolic OH excluding ortho intramolecular Hbond substituents is 1. The van der Waals surface area contributed by atoms with Crippen LogP contribution in [0.2, 0.25) is 5.02 Å². The molecule has 4 nitrogen and oxygen atoms in total. The van der Waals surface area contributed by atoms with Crippen molar-refractivity contribution in [3.8, 4) is 32.4 Å². The highest BCUT2D eigenvalue weighted by Gasteiger charge is 2.24. The molecule has 0 aliphatic carbocycles. The zero-order valence-electron chi connectivity index (χ0n) is 15.4. The molecule has 28 heavy (non-hydrogen) atoms. The van der Waals surface area contributed by atoms with E-state index in [-0.39, 0.29) is 5.75 Å². The maximum atomic E-state index is 10.5. The molecule has 0 fully saturated rings. The Hall–Kier alpha value is -2.60. The smallest absolute Gasteiger partial charge is 0.115 e. The van der Waals surface area contributed by atoms with Gasteiger partial charge in [-0.3, -0.25) is 0 Å². The zero-order valence-corrected chi connectivity index (χ0v) is 17.0. The minimum Gasteiger partial charge on any atom is -0.508 e. The van der Waals surface area contributed by atoms with E-state index in [9.17, 15) is 10.2 Å². The van der Waals surface area contributed by atoms with Gasteiger partial charge < -0.3 is 10.2 Å². The topological polar surface area (TPSA) is 58.3 Å². The highest BCUT2D eigenvalue weighted by atomic mass is 35.5. The highest BCUT2D eigenvalue weighted by Crippen LogP contribution is 2.38. The molecule has 0 amide bonds. The first kappa shape index (κ1) is 18.7. The summed E-state index contributed by atoms with van der Waals surface area (Å²) < 4.78 is 1.78. The molecule has 0 unspecified atom stereocenters. The Morgan fingerprint density at radius 2 is 1.64 bits per heavy atom. The molecule has 0 radical (unpaired) electrons. The van der Waals surface area contributed by atoms with Gasteiger partial charge in [0.1, 0.15) is 11.4 Å². The first-order valence-corrected chi connectivity index (χ1v) is 10.00. The van der Waals surface area contributed by atoms with Crippen molar-refractivity contribution < 1.29 is 10.2 Å². The Morgan fingerprint density at radius 3 is 2.32 bits per heavy atom. The number of aliphatic hydroxyl groups is 1. The maximum Gasteiger partial charge on any atom is 0.115 e. The number of hydrogen-bond acceptors (Lipinski definition) is 4. The molecule has 0 bridgehead atoms. The zero-order chi connectivity index (χ0) is 19.9. The van der Waals surface area contributed by atoms with Crippen molar-refractivity contribution in [2.24, 2.45) is 0 Å². The minimum absolute atomic E-state index is 0.243. The van der Waals surface area contributed by atoms with Crippen LogP contribution in [0.15, 0.2) is 66.7 Å². The van der Waals surface area contributed by atoms with Crippen LogP contribution < -0.4 is 0 Å². The standard InChI is InChI=1S/C22H19ClN2O2S/c1-22(2,27)21-13-18(25(24-21)17-6-4-3-5-16(17)23)20-12-11-19(28-20)14-7-9-15(26)10-8-14/h3-13,26-27H,1-2H3. The Bertz CT molecular complexity index is 1120. The minimum atomic E-state index is -1.07. The van der Waals surface area contributed by atoms with Crippen LogP contribution in [0, 0.1) is 0 Å². The molecular formula is C22H19ClN2O2S. The lowest BCUT2D eigenvalue weighted by Crippen LogP contribution is -2.16. The van der Waals surface area contributed by atoms with Crippen molar-refractivity contribution in [3.63, 3.8) is 0 Å². The lowest BCUT2D eigenvalue weighted by Gasteiger charge is -2.13. The van der Waals surface area contributed by atoms with E-state index in [0.717, 1.165) is 26.7 Å². The molecule has 2 aromatic carbocycles. The Labute approximate surface area is 172 Å². The lowest BCUT2D eigenvalue weighted by atomic mass is 10.1. The number of phenols is 1. The van der Waals surface area contributed by atoms with Gasteiger partial charge in [0.2, 0.25) is 0 Å². The molecule has 0 aliphatic rings. The van der Waals surface area contributed by atoms with Gasteiger partial charge in [-0.05, 0) is 74.0 Å². The number of aromatic nitrogens is 2. The van der Waals surface area contributed by atoms with E-state index in [1.807, 2.05) is 54.6 Å². The predicted molar refractivity (Wildman–Crippen MR) is 114 cm³/mol. The molecule has 0 saturated heterocycles. The number of thiophene rings is 1. The average Bonchev–Trinajstić information content (AvgIpc) is 3.29. The van der Waals surface area contributed by atoms with Gasteiger partial charge >= 0.3 is 0 Å². The number of nitrogens with zero attached hydrogens (tertiary/aromatic N) is 2.